The Morgan fingerprint density at radius 1 is 1.39 bits per heavy atom. The van der Waals surface area contributed by atoms with E-state index in [1.54, 1.807) is 13.2 Å². The number of ether oxygens (including phenoxy) is 1. The molecule has 0 saturated carbocycles. The van der Waals surface area contributed by atoms with Gasteiger partial charge in [-0.1, -0.05) is 26.0 Å². The third-order valence-electron chi connectivity index (χ3n) is 2.81. The van der Waals surface area contributed by atoms with Gasteiger partial charge in [-0.25, -0.2) is 4.39 Å². The Bertz CT molecular complexity index is 536. The average Bonchev–Trinajstić information content (AvgIpc) is 2.67. The summed E-state index contributed by atoms with van der Waals surface area (Å²) in [5.41, 5.74) is 1.10. The zero-order valence-corrected chi connectivity index (χ0v) is 11.7. The van der Waals surface area contributed by atoms with Crippen molar-refractivity contribution in [1.82, 2.24) is 5.32 Å². The minimum atomic E-state index is -0.148. The first-order valence-electron chi connectivity index (χ1n) is 6.04. The van der Waals surface area contributed by atoms with Gasteiger partial charge in [-0.3, -0.25) is 0 Å². The first kappa shape index (κ1) is 13.5. The average molecular weight is 267 g/mol. The molecule has 1 aromatic carbocycles. The Balaban J connectivity index is 2.43. The third-order valence-corrected chi connectivity index (χ3v) is 4.07. The van der Waals surface area contributed by atoms with Crippen LogP contribution in [0.3, 0.4) is 0 Å². The fourth-order valence-electron chi connectivity index (χ4n) is 1.93. The molecule has 1 heterocycles. The van der Waals surface area contributed by atoms with Crippen LogP contribution in [0, 0.1) is 5.82 Å². The molecule has 0 spiro atoms. The molecular weight excluding hydrogens is 249 g/mol. The first-order valence-corrected chi connectivity index (χ1v) is 6.86. The van der Waals surface area contributed by atoms with Crippen LogP contribution in [-0.2, 0) is 17.9 Å². The van der Waals surface area contributed by atoms with Crippen molar-refractivity contribution in [3.8, 4) is 0 Å². The summed E-state index contributed by atoms with van der Waals surface area (Å²) in [7, 11) is 1.67. The summed E-state index contributed by atoms with van der Waals surface area (Å²) >= 11 is 1.51. The highest BCUT2D eigenvalue weighted by Gasteiger charge is 2.14. The first-order chi connectivity index (χ1) is 8.63. The molecule has 0 atom stereocenters. The van der Waals surface area contributed by atoms with Crippen LogP contribution in [-0.4, -0.2) is 13.2 Å². The summed E-state index contributed by atoms with van der Waals surface area (Å²) in [6.45, 7) is 5.49. The van der Waals surface area contributed by atoms with Crippen LogP contribution in [0.4, 0.5) is 4.39 Å². The van der Waals surface area contributed by atoms with Crippen LogP contribution in [0.1, 0.15) is 24.3 Å². The SMILES string of the molecule is COCc1c(CNC(C)C)sc2c(F)cccc12. The van der Waals surface area contributed by atoms with Gasteiger partial charge in [0.1, 0.15) is 5.82 Å². The van der Waals surface area contributed by atoms with E-state index in [1.165, 1.54) is 17.4 Å². The fourth-order valence-corrected chi connectivity index (χ4v) is 3.09. The molecule has 0 bridgehead atoms. The van der Waals surface area contributed by atoms with Crippen molar-refractivity contribution in [2.45, 2.75) is 33.0 Å². The second-order valence-corrected chi connectivity index (χ2v) is 5.69. The Hall–Kier alpha value is -0.970. The molecule has 2 aromatic rings. The summed E-state index contributed by atoms with van der Waals surface area (Å²) in [5.74, 6) is -0.148. The second kappa shape index (κ2) is 5.78. The maximum Gasteiger partial charge on any atom is 0.141 e. The zero-order chi connectivity index (χ0) is 13.1. The Labute approximate surface area is 111 Å². The largest absolute Gasteiger partial charge is 0.380 e. The lowest BCUT2D eigenvalue weighted by molar-refractivity contribution is 0.185. The molecule has 0 aliphatic rings. The van der Waals surface area contributed by atoms with E-state index in [-0.39, 0.29) is 5.82 Å². The number of fused-ring (bicyclic) bond motifs is 1. The molecule has 0 saturated heterocycles. The van der Waals surface area contributed by atoms with Gasteiger partial charge < -0.3 is 10.1 Å². The van der Waals surface area contributed by atoms with Gasteiger partial charge in [0.25, 0.3) is 0 Å². The van der Waals surface area contributed by atoms with E-state index in [0.29, 0.717) is 12.6 Å². The van der Waals surface area contributed by atoms with Crippen molar-refractivity contribution in [2.24, 2.45) is 0 Å². The smallest absolute Gasteiger partial charge is 0.141 e. The quantitative estimate of drug-likeness (QED) is 0.892. The van der Waals surface area contributed by atoms with E-state index in [2.05, 4.69) is 19.2 Å². The predicted molar refractivity (Wildman–Crippen MR) is 74.5 cm³/mol. The molecule has 0 radical (unpaired) electrons. The highest BCUT2D eigenvalue weighted by molar-refractivity contribution is 7.19. The number of nitrogens with one attached hydrogen (secondary N) is 1. The number of thiophene rings is 1. The van der Waals surface area contributed by atoms with Gasteiger partial charge >= 0.3 is 0 Å². The lowest BCUT2D eigenvalue weighted by Crippen LogP contribution is -2.21. The standard InChI is InChI=1S/C14H18FNOS/c1-9(2)16-7-13-11(8-17-3)10-5-4-6-12(15)14(10)18-13/h4-6,9,16H,7-8H2,1-3H3. The minimum Gasteiger partial charge on any atom is -0.380 e. The monoisotopic (exact) mass is 267 g/mol. The van der Waals surface area contributed by atoms with Gasteiger partial charge in [-0.15, -0.1) is 11.3 Å². The molecule has 2 nitrogen and oxygen atoms in total. The molecule has 18 heavy (non-hydrogen) atoms. The van der Waals surface area contributed by atoms with E-state index in [0.717, 1.165) is 27.1 Å². The summed E-state index contributed by atoms with van der Waals surface area (Å²) < 4.78 is 19.7. The van der Waals surface area contributed by atoms with Gasteiger partial charge in [-0.05, 0) is 6.07 Å². The van der Waals surface area contributed by atoms with Crippen molar-refractivity contribution < 1.29 is 9.13 Å². The van der Waals surface area contributed by atoms with Crippen LogP contribution in [0.15, 0.2) is 18.2 Å². The Morgan fingerprint density at radius 2 is 2.17 bits per heavy atom. The molecule has 2 rings (SSSR count). The molecule has 98 valence electrons. The Morgan fingerprint density at radius 3 is 2.83 bits per heavy atom. The van der Waals surface area contributed by atoms with E-state index >= 15 is 0 Å². The number of benzene rings is 1. The molecule has 1 N–H and O–H groups in total. The highest BCUT2D eigenvalue weighted by Crippen LogP contribution is 2.33. The normalized spacial score (nSPS) is 11.6. The summed E-state index contributed by atoms with van der Waals surface area (Å²) in [6.07, 6.45) is 0. The van der Waals surface area contributed by atoms with Gasteiger partial charge in [0, 0.05) is 35.5 Å². The van der Waals surface area contributed by atoms with Crippen molar-refractivity contribution in [1.29, 1.82) is 0 Å². The fraction of sp³-hybridized carbons (Fsp3) is 0.429. The predicted octanol–water partition coefficient (Wildman–Crippen LogP) is 3.68. The van der Waals surface area contributed by atoms with Crippen LogP contribution >= 0.6 is 11.3 Å². The maximum absolute atomic E-state index is 13.8. The molecular formula is C14H18FNOS. The van der Waals surface area contributed by atoms with Crippen LogP contribution in [0.2, 0.25) is 0 Å². The molecule has 4 heteroatoms. The number of rotatable bonds is 5. The summed E-state index contributed by atoms with van der Waals surface area (Å²) in [5, 5.41) is 4.35. The topological polar surface area (TPSA) is 21.3 Å². The van der Waals surface area contributed by atoms with Crippen molar-refractivity contribution in [2.75, 3.05) is 7.11 Å². The lowest BCUT2D eigenvalue weighted by atomic mass is 10.1. The summed E-state index contributed by atoms with van der Waals surface area (Å²) in [6, 6.07) is 5.64. The number of hydrogen-bond acceptors (Lipinski definition) is 3. The minimum absolute atomic E-state index is 0.148. The highest BCUT2D eigenvalue weighted by atomic mass is 32.1. The molecule has 0 aliphatic heterocycles. The van der Waals surface area contributed by atoms with E-state index in [9.17, 15) is 4.39 Å². The number of hydrogen-bond donors (Lipinski definition) is 1. The molecule has 0 fully saturated rings. The van der Waals surface area contributed by atoms with Gasteiger partial charge in [-0.2, -0.15) is 0 Å². The van der Waals surface area contributed by atoms with Crippen LogP contribution in [0.25, 0.3) is 10.1 Å². The Kier molecular flexibility index (Phi) is 4.32. The third kappa shape index (κ3) is 2.71. The van der Waals surface area contributed by atoms with Crippen molar-refractivity contribution in [3.05, 3.63) is 34.5 Å². The van der Waals surface area contributed by atoms with E-state index < -0.39 is 0 Å². The van der Waals surface area contributed by atoms with Crippen LogP contribution < -0.4 is 5.32 Å². The summed E-state index contributed by atoms with van der Waals surface area (Å²) in [4.78, 5) is 1.16. The second-order valence-electron chi connectivity index (χ2n) is 4.59. The lowest BCUT2D eigenvalue weighted by Gasteiger charge is -2.08. The molecule has 0 unspecified atom stereocenters. The number of halogens is 1. The van der Waals surface area contributed by atoms with Gasteiger partial charge in [0.2, 0.25) is 0 Å². The molecule has 0 amide bonds. The molecule has 1 aromatic heterocycles. The van der Waals surface area contributed by atoms with E-state index in [4.69, 9.17) is 4.74 Å². The molecule has 0 aliphatic carbocycles. The van der Waals surface area contributed by atoms with Crippen molar-refractivity contribution in [3.63, 3.8) is 0 Å². The number of methoxy groups -OCH3 is 1. The van der Waals surface area contributed by atoms with Crippen molar-refractivity contribution >= 4 is 21.4 Å². The van der Waals surface area contributed by atoms with E-state index in [1.807, 2.05) is 6.07 Å². The van der Waals surface area contributed by atoms with Crippen LogP contribution in [0.5, 0.6) is 0 Å². The van der Waals surface area contributed by atoms with Gasteiger partial charge in [0.05, 0.1) is 11.3 Å². The maximum atomic E-state index is 13.8. The van der Waals surface area contributed by atoms with Gasteiger partial charge in [0.15, 0.2) is 0 Å². The zero-order valence-electron chi connectivity index (χ0n) is 10.9.